The summed E-state index contributed by atoms with van der Waals surface area (Å²) in [6, 6.07) is 8.45. The van der Waals surface area contributed by atoms with Gasteiger partial charge in [-0.1, -0.05) is 12.8 Å². The molecule has 156 valence electrons. The van der Waals surface area contributed by atoms with E-state index in [1.54, 1.807) is 30.8 Å². The average Bonchev–Trinajstić information content (AvgIpc) is 3.55. The highest BCUT2D eigenvalue weighted by Crippen LogP contribution is 2.34. The Bertz CT molecular complexity index is 1250. The maximum Gasteiger partial charge on any atom is 0.231 e. The van der Waals surface area contributed by atoms with Crippen LogP contribution >= 0.6 is 11.3 Å². The molecule has 0 saturated heterocycles. The molecule has 5 rings (SSSR count). The Morgan fingerprint density at radius 3 is 2.87 bits per heavy atom. The van der Waals surface area contributed by atoms with Crippen molar-refractivity contribution in [2.75, 3.05) is 17.7 Å². The van der Waals surface area contributed by atoms with Crippen molar-refractivity contribution in [2.24, 2.45) is 0 Å². The fraction of sp³-hybridized carbons (Fsp3) is 0.273. The van der Waals surface area contributed by atoms with E-state index in [0.717, 1.165) is 34.5 Å². The quantitative estimate of drug-likeness (QED) is 0.391. The van der Waals surface area contributed by atoms with E-state index in [-0.39, 0.29) is 0 Å². The van der Waals surface area contributed by atoms with Crippen LogP contribution in [0.2, 0.25) is 0 Å². The average molecular weight is 432 g/mol. The zero-order valence-electron chi connectivity index (χ0n) is 17.0. The van der Waals surface area contributed by atoms with Crippen LogP contribution in [0.5, 0.6) is 5.75 Å². The van der Waals surface area contributed by atoms with Crippen LogP contribution < -0.4 is 15.4 Å². The van der Waals surface area contributed by atoms with Crippen molar-refractivity contribution in [1.82, 2.24) is 19.9 Å². The monoisotopic (exact) mass is 431 g/mol. The fourth-order valence-corrected chi connectivity index (χ4v) is 4.59. The second-order valence-electron chi connectivity index (χ2n) is 7.44. The SMILES string of the molecule is COc1cc(-c2nccs2)ccc1Nc1nc(NC2CCCC2)c2c(C#N)c[nH]c2n1. The molecule has 0 bridgehead atoms. The first-order chi connectivity index (χ1) is 15.2. The molecule has 0 unspecified atom stereocenters. The fourth-order valence-electron chi connectivity index (χ4n) is 3.96. The molecule has 3 N–H and O–H groups in total. The molecule has 1 aliphatic rings. The molecule has 8 nitrogen and oxygen atoms in total. The third kappa shape index (κ3) is 3.78. The second kappa shape index (κ2) is 8.24. The summed E-state index contributed by atoms with van der Waals surface area (Å²) < 4.78 is 5.60. The number of nitriles is 1. The third-order valence-electron chi connectivity index (χ3n) is 5.48. The molecule has 1 aliphatic carbocycles. The molecule has 3 aromatic heterocycles. The Hall–Kier alpha value is -3.64. The van der Waals surface area contributed by atoms with Crippen molar-refractivity contribution >= 4 is 39.8 Å². The molecule has 0 amide bonds. The van der Waals surface area contributed by atoms with Crippen LogP contribution in [0.25, 0.3) is 21.6 Å². The predicted octanol–water partition coefficient (Wildman–Crippen LogP) is 5.06. The minimum Gasteiger partial charge on any atom is -0.495 e. The van der Waals surface area contributed by atoms with Gasteiger partial charge in [-0.3, -0.25) is 0 Å². The number of hydrogen-bond donors (Lipinski definition) is 3. The largest absolute Gasteiger partial charge is 0.495 e. The van der Waals surface area contributed by atoms with Gasteiger partial charge in [0, 0.05) is 29.4 Å². The molecule has 1 fully saturated rings. The first-order valence-electron chi connectivity index (χ1n) is 10.2. The molecule has 9 heteroatoms. The first kappa shape index (κ1) is 19.3. The number of methoxy groups -OCH3 is 1. The Kier molecular flexibility index (Phi) is 5.14. The van der Waals surface area contributed by atoms with Gasteiger partial charge in [0.1, 0.15) is 28.3 Å². The Morgan fingerprint density at radius 2 is 2.13 bits per heavy atom. The van der Waals surface area contributed by atoms with Gasteiger partial charge in [-0.2, -0.15) is 15.2 Å². The first-order valence-corrected chi connectivity index (χ1v) is 11.0. The van der Waals surface area contributed by atoms with Crippen LogP contribution in [0.15, 0.2) is 36.0 Å². The van der Waals surface area contributed by atoms with E-state index in [9.17, 15) is 5.26 Å². The highest BCUT2D eigenvalue weighted by molar-refractivity contribution is 7.13. The number of aromatic nitrogens is 4. The second-order valence-corrected chi connectivity index (χ2v) is 8.33. The smallest absolute Gasteiger partial charge is 0.231 e. The number of anilines is 3. The topological polar surface area (TPSA) is 112 Å². The van der Waals surface area contributed by atoms with Crippen molar-refractivity contribution in [3.05, 3.63) is 41.5 Å². The molecule has 0 aliphatic heterocycles. The van der Waals surface area contributed by atoms with E-state index in [1.165, 1.54) is 12.8 Å². The summed E-state index contributed by atoms with van der Waals surface area (Å²) in [5.74, 6) is 1.78. The van der Waals surface area contributed by atoms with Gasteiger partial charge in [0.05, 0.1) is 23.7 Å². The van der Waals surface area contributed by atoms with Crippen LogP contribution in [-0.4, -0.2) is 33.1 Å². The minimum absolute atomic E-state index is 0.361. The molecular formula is C22H21N7OS. The molecule has 31 heavy (non-hydrogen) atoms. The number of ether oxygens (including phenoxy) is 1. The number of fused-ring (bicyclic) bond motifs is 1. The summed E-state index contributed by atoms with van der Waals surface area (Å²) in [4.78, 5) is 16.8. The number of rotatable bonds is 6. The van der Waals surface area contributed by atoms with Gasteiger partial charge >= 0.3 is 0 Å². The summed E-state index contributed by atoms with van der Waals surface area (Å²) in [5, 5.41) is 19.9. The number of H-pyrrole nitrogens is 1. The van der Waals surface area contributed by atoms with Crippen LogP contribution in [0.4, 0.5) is 17.5 Å². The maximum absolute atomic E-state index is 9.50. The lowest BCUT2D eigenvalue weighted by molar-refractivity contribution is 0.417. The van der Waals surface area contributed by atoms with Crippen molar-refractivity contribution in [3.63, 3.8) is 0 Å². The minimum atomic E-state index is 0.361. The number of nitrogens with zero attached hydrogens (tertiary/aromatic N) is 4. The number of nitrogens with one attached hydrogen (secondary N) is 3. The van der Waals surface area contributed by atoms with E-state index in [1.807, 2.05) is 23.6 Å². The van der Waals surface area contributed by atoms with Gasteiger partial charge in [-0.15, -0.1) is 11.3 Å². The van der Waals surface area contributed by atoms with Crippen LogP contribution in [-0.2, 0) is 0 Å². The van der Waals surface area contributed by atoms with Crippen LogP contribution in [0, 0.1) is 11.3 Å². The zero-order valence-corrected chi connectivity index (χ0v) is 17.8. The molecular weight excluding hydrogens is 410 g/mol. The van der Waals surface area contributed by atoms with Crippen molar-refractivity contribution in [2.45, 2.75) is 31.7 Å². The van der Waals surface area contributed by atoms with Crippen molar-refractivity contribution in [1.29, 1.82) is 5.26 Å². The van der Waals surface area contributed by atoms with Gasteiger partial charge in [-0.25, -0.2) is 4.98 Å². The van der Waals surface area contributed by atoms with Gasteiger partial charge in [0.25, 0.3) is 0 Å². The Morgan fingerprint density at radius 1 is 1.26 bits per heavy atom. The number of hydrogen-bond acceptors (Lipinski definition) is 8. The van der Waals surface area contributed by atoms with Gasteiger partial charge in [0.15, 0.2) is 0 Å². The van der Waals surface area contributed by atoms with E-state index < -0.39 is 0 Å². The molecule has 1 saturated carbocycles. The third-order valence-corrected chi connectivity index (χ3v) is 6.30. The highest BCUT2D eigenvalue weighted by atomic mass is 32.1. The van der Waals surface area contributed by atoms with E-state index in [2.05, 4.69) is 31.7 Å². The lowest BCUT2D eigenvalue weighted by atomic mass is 10.2. The standard InChI is InChI=1S/C22H21N7OS/c1-30-17-10-13(21-24-8-9-31-21)6-7-16(17)27-22-28-19-18(14(11-23)12-25-19)20(29-22)26-15-4-2-3-5-15/h6-10,12,15H,2-5H2,1H3,(H3,25,26,27,28,29). The summed E-state index contributed by atoms with van der Waals surface area (Å²) in [5.41, 5.74) is 2.89. The molecule has 0 radical (unpaired) electrons. The van der Waals surface area contributed by atoms with Gasteiger partial charge in [0.2, 0.25) is 5.95 Å². The predicted molar refractivity (Wildman–Crippen MR) is 122 cm³/mol. The summed E-state index contributed by atoms with van der Waals surface area (Å²) in [6.45, 7) is 0. The molecule has 1 aromatic carbocycles. The Balaban J connectivity index is 1.51. The van der Waals surface area contributed by atoms with Crippen molar-refractivity contribution in [3.8, 4) is 22.4 Å². The van der Waals surface area contributed by atoms with E-state index in [0.29, 0.717) is 34.8 Å². The van der Waals surface area contributed by atoms with Gasteiger partial charge in [-0.05, 0) is 31.0 Å². The molecule has 0 spiro atoms. The number of thiazole rings is 1. The number of aromatic amines is 1. The lowest BCUT2D eigenvalue weighted by Crippen LogP contribution is -2.16. The zero-order chi connectivity index (χ0) is 21.2. The molecule has 3 heterocycles. The highest BCUT2D eigenvalue weighted by Gasteiger charge is 2.20. The van der Waals surface area contributed by atoms with E-state index >= 15 is 0 Å². The maximum atomic E-state index is 9.50. The number of benzene rings is 1. The van der Waals surface area contributed by atoms with Crippen molar-refractivity contribution < 1.29 is 4.74 Å². The van der Waals surface area contributed by atoms with Crippen LogP contribution in [0.1, 0.15) is 31.2 Å². The van der Waals surface area contributed by atoms with E-state index in [4.69, 9.17) is 9.72 Å². The lowest BCUT2D eigenvalue weighted by Gasteiger charge is -2.16. The summed E-state index contributed by atoms with van der Waals surface area (Å²) in [7, 11) is 1.63. The normalized spacial score (nSPS) is 13.9. The molecule has 0 atom stereocenters. The van der Waals surface area contributed by atoms with Gasteiger partial charge < -0.3 is 20.4 Å². The summed E-state index contributed by atoms with van der Waals surface area (Å²) in [6.07, 6.45) is 8.08. The Labute approximate surface area is 183 Å². The summed E-state index contributed by atoms with van der Waals surface area (Å²) >= 11 is 1.58. The van der Waals surface area contributed by atoms with Crippen LogP contribution in [0.3, 0.4) is 0 Å². The molecule has 4 aromatic rings.